The summed E-state index contributed by atoms with van der Waals surface area (Å²) in [5.74, 6) is -2.51. The van der Waals surface area contributed by atoms with E-state index in [1.807, 2.05) is 0 Å². The van der Waals surface area contributed by atoms with Crippen LogP contribution in [0, 0.1) is 20.8 Å². The second-order valence-electron chi connectivity index (χ2n) is 14.5. The lowest BCUT2D eigenvalue weighted by Gasteiger charge is -2.27. The number of nitrogens with two attached hydrogens (primary N) is 1. The zero-order valence-electron chi connectivity index (χ0n) is 34.5. The smallest absolute Gasteiger partial charge is 0.264 e. The lowest BCUT2D eigenvalue weighted by Crippen LogP contribution is -2.56. The van der Waals surface area contributed by atoms with Crippen molar-refractivity contribution >= 4 is 59.0 Å². The summed E-state index contributed by atoms with van der Waals surface area (Å²) in [7, 11) is -10.4. The first kappa shape index (κ1) is 48.7. The van der Waals surface area contributed by atoms with Gasteiger partial charge in [0.05, 0.1) is 29.6 Å². The highest BCUT2D eigenvalue weighted by atomic mass is 32.2. The molecule has 7 N–H and O–H groups in total. The number of carbonyl (C=O) groups excluding carboxylic acids is 2. The van der Waals surface area contributed by atoms with Gasteiger partial charge in [0.15, 0.2) is 0 Å². The van der Waals surface area contributed by atoms with Gasteiger partial charge < -0.3 is 26.2 Å². The van der Waals surface area contributed by atoms with Gasteiger partial charge in [-0.15, -0.1) is 11.3 Å². The number of methoxy groups -OCH3 is 1. The molecule has 0 saturated heterocycles. The van der Waals surface area contributed by atoms with Crippen LogP contribution in [-0.2, 0) is 51.6 Å². The highest BCUT2D eigenvalue weighted by molar-refractivity contribution is 7.90. The highest BCUT2D eigenvalue weighted by Gasteiger charge is 2.33. The molecule has 332 valence electrons. The number of aryl methyl sites for hydroxylation is 1. The van der Waals surface area contributed by atoms with Crippen molar-refractivity contribution in [1.82, 2.24) is 25.1 Å². The maximum absolute atomic E-state index is 14.0. The average molecular weight is 920 g/mol. The Hall–Kier alpha value is -4.93. The van der Waals surface area contributed by atoms with Gasteiger partial charge >= 0.3 is 0 Å². The molecular formula is C40H53N7O10S4. The Morgan fingerprint density at radius 1 is 0.885 bits per heavy atom. The number of nitrogens with zero attached hydrogens (tertiary/aromatic N) is 2. The van der Waals surface area contributed by atoms with Gasteiger partial charge in [-0.25, -0.2) is 39.7 Å². The number of ether oxygens (including phenoxy) is 1. The fraction of sp³-hybridized carbons (Fsp3) is 0.400. The average Bonchev–Trinajstić information content (AvgIpc) is 3.73. The number of hydrogen-bond acceptors (Lipinski definition) is 13. The van der Waals surface area contributed by atoms with Crippen LogP contribution in [0.25, 0.3) is 0 Å². The molecule has 0 saturated carbocycles. The van der Waals surface area contributed by atoms with Gasteiger partial charge in [-0.2, -0.15) is 0 Å². The molecule has 2 amide bonds. The van der Waals surface area contributed by atoms with E-state index in [1.165, 1.54) is 13.3 Å². The van der Waals surface area contributed by atoms with Crippen molar-refractivity contribution < 1.29 is 44.7 Å². The number of guanidine groups is 1. The van der Waals surface area contributed by atoms with Gasteiger partial charge in [-0.05, 0) is 80.3 Å². The third kappa shape index (κ3) is 14.9. The topological polar surface area (TPSA) is 265 Å². The van der Waals surface area contributed by atoms with Crippen molar-refractivity contribution in [3.63, 3.8) is 0 Å². The summed E-state index contributed by atoms with van der Waals surface area (Å²) in [5, 5.41) is 18.5. The van der Waals surface area contributed by atoms with E-state index in [2.05, 4.69) is 30.1 Å². The molecule has 4 aromatic rings. The first-order valence-corrected chi connectivity index (χ1v) is 25.2. The molecule has 0 bridgehead atoms. The Bertz CT molecular complexity index is 2470. The monoisotopic (exact) mass is 919 g/mol. The van der Waals surface area contributed by atoms with Crippen molar-refractivity contribution in [3.8, 4) is 5.75 Å². The number of aliphatic hydroxyl groups excluding tert-OH is 1. The number of rotatable bonds is 22. The van der Waals surface area contributed by atoms with Crippen molar-refractivity contribution in [2.24, 2.45) is 10.7 Å². The molecule has 0 aliphatic carbocycles. The predicted molar refractivity (Wildman–Crippen MR) is 235 cm³/mol. The molecule has 1 unspecified atom stereocenters. The number of carbonyl (C=O) groups is 2. The molecular weight excluding hydrogens is 867 g/mol. The molecule has 0 radical (unpaired) electrons. The maximum atomic E-state index is 14.0. The van der Waals surface area contributed by atoms with Crippen LogP contribution in [-0.4, -0.2) is 96.9 Å². The molecule has 0 fully saturated rings. The number of aliphatic hydroxyl groups is 1. The Labute approximate surface area is 361 Å². The lowest BCUT2D eigenvalue weighted by atomic mass is 10.0. The minimum atomic E-state index is -4.15. The molecule has 1 heterocycles. The van der Waals surface area contributed by atoms with E-state index in [9.17, 15) is 39.9 Å². The predicted octanol–water partition coefficient (Wildman–Crippen LogP) is 2.32. The molecule has 4 rings (SSSR count). The van der Waals surface area contributed by atoms with Crippen molar-refractivity contribution in [1.29, 1.82) is 0 Å². The van der Waals surface area contributed by atoms with E-state index >= 15 is 0 Å². The Balaban J connectivity index is 1.53. The van der Waals surface area contributed by atoms with Gasteiger partial charge in [0.2, 0.25) is 27.8 Å². The standard InChI is InChI=1S/C40H53N7O10S4/c1-26-23-34(57-4)27(2)28(3)36(26)61(55,56)47-40(41)43-19-12-17-31(35(48)39-42-20-21-58-39)44-37(49)32(18-22-59(5,51)52)45-38(50)33(24-29-13-8-6-9-14-29)46-60(53,54)25-30-15-10-7-11-16-30/h6-11,13-16,20-21,23,31-33,35,46,48H,12,17-19,22,24-25H2,1-5H3,(H,44,49)(H,45,50)(H3,41,43,47)/t31-,32-,33+,35?/m0/s1. The first-order valence-electron chi connectivity index (χ1n) is 19.1. The van der Waals surface area contributed by atoms with E-state index in [4.69, 9.17) is 10.5 Å². The number of sulfonamides is 2. The Morgan fingerprint density at radius 2 is 1.51 bits per heavy atom. The molecule has 1 aromatic heterocycles. The normalized spacial score (nSPS) is 14.4. The van der Waals surface area contributed by atoms with E-state index in [-0.39, 0.29) is 48.1 Å². The van der Waals surface area contributed by atoms with Crippen LogP contribution < -0.4 is 30.5 Å². The fourth-order valence-electron chi connectivity index (χ4n) is 6.49. The van der Waals surface area contributed by atoms with Gasteiger partial charge in [0, 0.05) is 24.4 Å². The summed E-state index contributed by atoms with van der Waals surface area (Å²) in [6.45, 7) is 4.99. The van der Waals surface area contributed by atoms with Crippen LogP contribution in [0.2, 0.25) is 0 Å². The van der Waals surface area contributed by atoms with E-state index in [1.54, 1.807) is 92.9 Å². The summed E-state index contributed by atoms with van der Waals surface area (Å²) < 4.78 is 88.0. The van der Waals surface area contributed by atoms with Gasteiger partial charge in [-0.1, -0.05) is 60.7 Å². The number of nitrogens with one attached hydrogen (secondary N) is 4. The van der Waals surface area contributed by atoms with Crippen LogP contribution in [0.4, 0.5) is 0 Å². The molecule has 4 atom stereocenters. The minimum Gasteiger partial charge on any atom is -0.496 e. The van der Waals surface area contributed by atoms with E-state index in [0.717, 1.165) is 17.6 Å². The van der Waals surface area contributed by atoms with Crippen LogP contribution in [0.1, 0.15) is 58.2 Å². The van der Waals surface area contributed by atoms with Crippen LogP contribution in [0.3, 0.4) is 0 Å². The van der Waals surface area contributed by atoms with Crippen molar-refractivity contribution in [2.75, 3.05) is 25.7 Å². The van der Waals surface area contributed by atoms with Crippen LogP contribution in [0.5, 0.6) is 5.75 Å². The first-order chi connectivity index (χ1) is 28.7. The molecule has 61 heavy (non-hydrogen) atoms. The number of benzene rings is 3. The number of sulfone groups is 1. The molecule has 21 heteroatoms. The summed E-state index contributed by atoms with van der Waals surface area (Å²) in [5.41, 5.74) is 8.67. The third-order valence-corrected chi connectivity index (χ3v) is 14.4. The van der Waals surface area contributed by atoms with E-state index < -0.39 is 77.4 Å². The number of thiazole rings is 1. The number of hydrogen-bond donors (Lipinski definition) is 6. The summed E-state index contributed by atoms with van der Waals surface area (Å²) in [6, 6.07) is 14.7. The van der Waals surface area contributed by atoms with E-state index in [0.29, 0.717) is 33.6 Å². The molecule has 3 aromatic carbocycles. The Morgan fingerprint density at radius 3 is 2.10 bits per heavy atom. The second kappa shape index (κ2) is 21.7. The van der Waals surface area contributed by atoms with Gasteiger partial charge in [0.25, 0.3) is 10.0 Å². The van der Waals surface area contributed by atoms with Crippen molar-refractivity contribution in [3.05, 3.63) is 111 Å². The summed E-state index contributed by atoms with van der Waals surface area (Å²) in [6.07, 6.45) is 0.835. The lowest BCUT2D eigenvalue weighted by molar-refractivity contribution is -0.130. The van der Waals surface area contributed by atoms with Crippen LogP contribution in [0.15, 0.2) is 88.2 Å². The number of aliphatic imine (C=N–C) groups is 1. The fourth-order valence-corrected chi connectivity index (χ4v) is 10.7. The maximum Gasteiger partial charge on any atom is 0.264 e. The molecule has 0 aliphatic heterocycles. The summed E-state index contributed by atoms with van der Waals surface area (Å²) >= 11 is 1.12. The number of amides is 2. The quantitative estimate of drug-likeness (QED) is 0.0377. The highest BCUT2D eigenvalue weighted by Crippen LogP contribution is 2.30. The summed E-state index contributed by atoms with van der Waals surface area (Å²) in [4.78, 5) is 36.3. The van der Waals surface area contributed by atoms with Crippen LogP contribution >= 0.6 is 11.3 Å². The largest absolute Gasteiger partial charge is 0.496 e. The molecule has 0 aliphatic rings. The second-order valence-corrected chi connectivity index (χ2v) is 21.1. The van der Waals surface area contributed by atoms with Gasteiger partial charge in [-0.3, -0.25) is 14.6 Å². The minimum absolute atomic E-state index is 0.0341. The zero-order chi connectivity index (χ0) is 45.0. The molecule has 0 spiro atoms. The SMILES string of the molecule is COc1cc(C)c(S(=O)(=O)NC(N)=NCCC[C@H](NC(=O)[C@H](CCS(C)(=O)=O)NC(=O)[C@@H](Cc2ccccc2)NS(=O)(=O)Cc2ccccc2)C(O)c2nccs2)c(C)c1C. The van der Waals surface area contributed by atoms with Crippen molar-refractivity contribution in [2.45, 2.75) is 81.3 Å². The number of aromatic nitrogens is 1. The zero-order valence-corrected chi connectivity index (χ0v) is 37.8. The Kier molecular flexibility index (Phi) is 17.4. The van der Waals surface area contributed by atoms with Gasteiger partial charge in [0.1, 0.15) is 38.8 Å². The molecule has 17 nitrogen and oxygen atoms in total. The third-order valence-electron chi connectivity index (χ3n) is 9.61.